The second kappa shape index (κ2) is 9.90. The van der Waals surface area contributed by atoms with Crippen molar-refractivity contribution in [2.24, 2.45) is 0 Å². The van der Waals surface area contributed by atoms with Crippen LogP contribution in [-0.2, 0) is 4.79 Å². The second-order valence-electron chi connectivity index (χ2n) is 5.61. The van der Waals surface area contributed by atoms with Crippen LogP contribution in [0.25, 0.3) is 0 Å². The lowest BCUT2D eigenvalue weighted by atomic mass is 9.94. The molecule has 1 N–H and O–H groups in total. The summed E-state index contributed by atoms with van der Waals surface area (Å²) in [6.07, 6.45) is 3.31. The van der Waals surface area contributed by atoms with Gasteiger partial charge in [0, 0.05) is 34.6 Å². The zero-order valence-corrected chi connectivity index (χ0v) is 16.2. The second-order valence-corrected chi connectivity index (χ2v) is 7.45. The van der Waals surface area contributed by atoms with E-state index >= 15 is 0 Å². The van der Waals surface area contributed by atoms with Gasteiger partial charge in [-0.05, 0) is 41.9 Å². The predicted octanol–water partition coefficient (Wildman–Crippen LogP) is 4.42. The first-order chi connectivity index (χ1) is 12.0. The maximum atomic E-state index is 12.1. The van der Waals surface area contributed by atoms with Crippen molar-refractivity contribution in [1.82, 2.24) is 5.32 Å². The largest absolute Gasteiger partial charge is 0.618 e. The van der Waals surface area contributed by atoms with Crippen LogP contribution in [0, 0.1) is 5.21 Å². The summed E-state index contributed by atoms with van der Waals surface area (Å²) in [4.78, 5) is 12.1. The fourth-order valence-corrected chi connectivity index (χ4v) is 3.81. The highest BCUT2D eigenvalue weighted by Crippen LogP contribution is 2.30. The summed E-state index contributed by atoms with van der Waals surface area (Å²) in [5.41, 5.74) is 0.987. The van der Waals surface area contributed by atoms with Crippen LogP contribution >= 0.6 is 35.0 Å². The third-order valence-corrected chi connectivity index (χ3v) is 5.31. The van der Waals surface area contributed by atoms with E-state index in [4.69, 9.17) is 23.2 Å². The normalized spacial score (nSPS) is 12.0. The molecule has 0 bridgehead atoms. The van der Waals surface area contributed by atoms with Crippen LogP contribution in [-0.4, -0.2) is 18.2 Å². The molecular formula is C18H20Cl2N2O2S. The van der Waals surface area contributed by atoms with E-state index in [0.29, 0.717) is 21.6 Å². The fourth-order valence-electron chi connectivity index (χ4n) is 2.50. The van der Waals surface area contributed by atoms with E-state index in [0.717, 1.165) is 23.1 Å². The van der Waals surface area contributed by atoms with Crippen molar-refractivity contribution in [2.45, 2.75) is 30.7 Å². The van der Waals surface area contributed by atoms with E-state index in [-0.39, 0.29) is 17.6 Å². The number of carbonyl (C=O) groups excluding carboxylic acids is 1. The molecule has 0 unspecified atom stereocenters. The highest BCUT2D eigenvalue weighted by Gasteiger charge is 2.16. The quantitative estimate of drug-likeness (QED) is 0.406. The summed E-state index contributed by atoms with van der Waals surface area (Å²) in [6, 6.07) is 10.6. The van der Waals surface area contributed by atoms with Gasteiger partial charge in [-0.1, -0.05) is 42.6 Å². The summed E-state index contributed by atoms with van der Waals surface area (Å²) in [5, 5.41) is 16.2. The van der Waals surface area contributed by atoms with E-state index in [1.54, 1.807) is 24.3 Å². The van der Waals surface area contributed by atoms with Crippen molar-refractivity contribution in [1.29, 1.82) is 0 Å². The molecule has 1 amide bonds. The van der Waals surface area contributed by atoms with Gasteiger partial charge in [0.15, 0.2) is 6.20 Å². The number of hydrogen-bond donors (Lipinski definition) is 1. The minimum absolute atomic E-state index is 0.111. The lowest BCUT2D eigenvalue weighted by Gasteiger charge is -2.19. The van der Waals surface area contributed by atoms with Crippen molar-refractivity contribution in [3.8, 4) is 0 Å². The topological polar surface area (TPSA) is 56.0 Å². The van der Waals surface area contributed by atoms with Crippen LogP contribution in [0.2, 0.25) is 10.0 Å². The molecule has 7 heteroatoms. The van der Waals surface area contributed by atoms with Crippen LogP contribution in [0.15, 0.2) is 47.6 Å². The van der Waals surface area contributed by atoms with Gasteiger partial charge in [0.2, 0.25) is 5.91 Å². The van der Waals surface area contributed by atoms with E-state index < -0.39 is 0 Å². The Hall–Kier alpha value is -1.43. The van der Waals surface area contributed by atoms with Crippen molar-refractivity contribution in [2.75, 3.05) is 12.3 Å². The van der Waals surface area contributed by atoms with Crippen LogP contribution in [0.1, 0.15) is 31.2 Å². The van der Waals surface area contributed by atoms with Gasteiger partial charge < -0.3 is 10.5 Å². The maximum absolute atomic E-state index is 12.1. The van der Waals surface area contributed by atoms with Gasteiger partial charge in [0.25, 0.3) is 5.03 Å². The number of amides is 1. The molecule has 2 aromatic rings. The van der Waals surface area contributed by atoms with Crippen LogP contribution in [0.5, 0.6) is 0 Å². The highest BCUT2D eigenvalue weighted by molar-refractivity contribution is 7.99. The molecule has 0 fully saturated rings. The first kappa shape index (κ1) is 19.9. The van der Waals surface area contributed by atoms with Gasteiger partial charge in [-0.3, -0.25) is 4.79 Å². The van der Waals surface area contributed by atoms with Crippen molar-refractivity contribution >= 4 is 40.9 Å². The predicted molar refractivity (Wildman–Crippen MR) is 103 cm³/mol. The van der Waals surface area contributed by atoms with E-state index in [1.165, 1.54) is 18.0 Å². The van der Waals surface area contributed by atoms with Crippen LogP contribution in [0.4, 0.5) is 0 Å². The Balaban J connectivity index is 1.92. The minimum Gasteiger partial charge on any atom is -0.618 e. The molecule has 0 saturated carbocycles. The standard InChI is InChI=1S/C18H20Cl2N2O2S/c1-2-5-13(15-8-7-14(19)10-16(15)20)11-21-17(23)12-25-18-6-3-4-9-22(18)24/h3-4,6-10,13H,2,5,11-12H2,1H3,(H,21,23)/t13-/m0/s1. The Bertz CT molecular complexity index is 728. The van der Waals surface area contributed by atoms with Gasteiger partial charge in [-0.2, -0.15) is 4.73 Å². The van der Waals surface area contributed by atoms with Gasteiger partial charge in [-0.15, -0.1) is 0 Å². The smallest absolute Gasteiger partial charge is 0.251 e. The zero-order chi connectivity index (χ0) is 18.2. The van der Waals surface area contributed by atoms with E-state index in [2.05, 4.69) is 12.2 Å². The number of thioether (sulfide) groups is 1. The third-order valence-electron chi connectivity index (χ3n) is 3.72. The molecule has 4 nitrogen and oxygen atoms in total. The number of pyridine rings is 1. The summed E-state index contributed by atoms with van der Waals surface area (Å²) < 4.78 is 0.755. The molecule has 1 aromatic carbocycles. The number of halogens is 2. The number of nitrogens with one attached hydrogen (secondary N) is 1. The SMILES string of the molecule is CCC[C@@H](CNC(=O)CSc1cccc[n+]1[O-])c1ccc(Cl)cc1Cl. The molecule has 0 radical (unpaired) electrons. The minimum atomic E-state index is -0.111. The molecule has 0 aliphatic carbocycles. The summed E-state index contributed by atoms with van der Waals surface area (Å²) in [5.74, 6) is 0.212. The van der Waals surface area contributed by atoms with Gasteiger partial charge in [-0.25, -0.2) is 0 Å². The Labute approximate surface area is 162 Å². The van der Waals surface area contributed by atoms with Crippen LogP contribution in [0.3, 0.4) is 0 Å². The summed E-state index contributed by atoms with van der Waals surface area (Å²) in [6.45, 7) is 2.59. The number of benzene rings is 1. The summed E-state index contributed by atoms with van der Waals surface area (Å²) >= 11 is 13.5. The first-order valence-electron chi connectivity index (χ1n) is 8.04. The molecular weight excluding hydrogens is 379 g/mol. The Morgan fingerprint density at radius 1 is 1.32 bits per heavy atom. The van der Waals surface area contributed by atoms with Crippen LogP contribution < -0.4 is 10.0 Å². The van der Waals surface area contributed by atoms with Gasteiger partial charge in [0.1, 0.15) is 0 Å². The van der Waals surface area contributed by atoms with E-state index in [9.17, 15) is 10.0 Å². The maximum Gasteiger partial charge on any atom is 0.251 e. The molecule has 0 saturated heterocycles. The molecule has 134 valence electrons. The molecule has 0 aliphatic heterocycles. The number of rotatable bonds is 8. The zero-order valence-electron chi connectivity index (χ0n) is 13.9. The average Bonchev–Trinajstić information content (AvgIpc) is 2.58. The molecule has 1 atom stereocenters. The van der Waals surface area contributed by atoms with Crippen molar-refractivity contribution < 1.29 is 9.52 Å². The van der Waals surface area contributed by atoms with Crippen molar-refractivity contribution in [3.05, 3.63) is 63.4 Å². The highest BCUT2D eigenvalue weighted by atomic mass is 35.5. The third kappa shape index (κ3) is 6.10. The lowest BCUT2D eigenvalue weighted by Crippen LogP contribution is -2.32. The number of hydrogen-bond acceptors (Lipinski definition) is 3. The molecule has 1 aromatic heterocycles. The molecule has 0 spiro atoms. The number of carbonyl (C=O) groups is 1. The molecule has 0 aliphatic rings. The number of aromatic nitrogens is 1. The Morgan fingerprint density at radius 3 is 2.80 bits per heavy atom. The first-order valence-corrected chi connectivity index (χ1v) is 9.78. The number of nitrogens with zero attached hydrogens (tertiary/aromatic N) is 1. The van der Waals surface area contributed by atoms with Gasteiger partial charge in [0.05, 0.1) is 5.75 Å². The lowest BCUT2D eigenvalue weighted by molar-refractivity contribution is -0.645. The van der Waals surface area contributed by atoms with Gasteiger partial charge >= 0.3 is 0 Å². The van der Waals surface area contributed by atoms with Crippen molar-refractivity contribution in [3.63, 3.8) is 0 Å². The van der Waals surface area contributed by atoms with E-state index in [1.807, 2.05) is 12.1 Å². The fraction of sp³-hybridized carbons (Fsp3) is 0.333. The molecule has 2 rings (SSSR count). The monoisotopic (exact) mass is 398 g/mol. The molecule has 1 heterocycles. The average molecular weight is 399 g/mol. The summed E-state index contributed by atoms with van der Waals surface area (Å²) in [7, 11) is 0. The molecule has 25 heavy (non-hydrogen) atoms. The Kier molecular flexibility index (Phi) is 7.88. The Morgan fingerprint density at radius 2 is 2.12 bits per heavy atom.